The van der Waals surface area contributed by atoms with Gasteiger partial charge in [-0.2, -0.15) is 0 Å². The van der Waals surface area contributed by atoms with Crippen molar-refractivity contribution in [2.75, 3.05) is 13.2 Å². The molecule has 0 saturated carbocycles. The van der Waals surface area contributed by atoms with Crippen LogP contribution in [-0.2, 0) is 22.6 Å². The Kier molecular flexibility index (Phi) is 11.5. The molecule has 0 fully saturated rings. The van der Waals surface area contributed by atoms with E-state index in [2.05, 4.69) is 12.2 Å². The van der Waals surface area contributed by atoms with Gasteiger partial charge in [0, 0.05) is 31.0 Å². The van der Waals surface area contributed by atoms with E-state index in [1.54, 1.807) is 11.0 Å². The second-order valence-corrected chi connectivity index (χ2v) is 9.70. The largest absolute Gasteiger partial charge is 0.494 e. The van der Waals surface area contributed by atoms with E-state index >= 15 is 0 Å². The van der Waals surface area contributed by atoms with E-state index in [-0.39, 0.29) is 18.2 Å². The van der Waals surface area contributed by atoms with Crippen LogP contribution in [0.15, 0.2) is 78.9 Å². The maximum Gasteiger partial charge on any atom is 0.243 e. The summed E-state index contributed by atoms with van der Waals surface area (Å²) in [5.41, 5.74) is 3.06. The first-order valence-corrected chi connectivity index (χ1v) is 13.4. The second kappa shape index (κ2) is 15.1. The highest BCUT2D eigenvalue weighted by atomic mass is 35.5. The van der Waals surface area contributed by atoms with Crippen LogP contribution < -0.4 is 10.1 Å². The molecule has 0 aromatic heterocycles. The fourth-order valence-corrected chi connectivity index (χ4v) is 4.30. The molecule has 2 amide bonds. The third kappa shape index (κ3) is 9.58. The molecule has 0 aliphatic heterocycles. The number of nitrogens with one attached hydrogen (secondary N) is 1. The van der Waals surface area contributed by atoms with Crippen molar-refractivity contribution in [2.24, 2.45) is 0 Å². The van der Waals surface area contributed by atoms with Gasteiger partial charge in [0.05, 0.1) is 6.61 Å². The summed E-state index contributed by atoms with van der Waals surface area (Å²) >= 11 is 6.24. The first kappa shape index (κ1) is 28.3. The SMILES string of the molecule is CCCCNC(=O)[C@@H](Cc1ccccc1)N(Cc1cccc(Cl)c1)C(=O)CCCOc1ccc(C)cc1. The zero-order valence-corrected chi connectivity index (χ0v) is 22.5. The minimum absolute atomic E-state index is 0.0842. The predicted octanol–water partition coefficient (Wildman–Crippen LogP) is 6.36. The first-order valence-electron chi connectivity index (χ1n) is 13.0. The Bertz CT molecular complexity index is 1120. The molecule has 0 spiro atoms. The number of hydrogen-bond donors (Lipinski definition) is 1. The fourth-order valence-electron chi connectivity index (χ4n) is 4.08. The molecule has 196 valence electrons. The van der Waals surface area contributed by atoms with Crippen molar-refractivity contribution in [1.29, 1.82) is 0 Å². The molecule has 6 heteroatoms. The van der Waals surface area contributed by atoms with Crippen LogP contribution in [0.1, 0.15) is 49.3 Å². The number of nitrogens with zero attached hydrogens (tertiary/aromatic N) is 1. The summed E-state index contributed by atoms with van der Waals surface area (Å²) in [6, 6.07) is 24.5. The average molecular weight is 521 g/mol. The van der Waals surface area contributed by atoms with E-state index in [4.69, 9.17) is 16.3 Å². The van der Waals surface area contributed by atoms with Crippen molar-refractivity contribution in [1.82, 2.24) is 10.2 Å². The van der Waals surface area contributed by atoms with Crippen molar-refractivity contribution < 1.29 is 14.3 Å². The summed E-state index contributed by atoms with van der Waals surface area (Å²) in [6.07, 6.45) is 3.14. The Morgan fingerprint density at radius 1 is 0.946 bits per heavy atom. The summed E-state index contributed by atoms with van der Waals surface area (Å²) in [7, 11) is 0. The molecule has 1 N–H and O–H groups in total. The van der Waals surface area contributed by atoms with E-state index in [0.29, 0.717) is 37.6 Å². The van der Waals surface area contributed by atoms with Gasteiger partial charge >= 0.3 is 0 Å². The first-order chi connectivity index (χ1) is 18.0. The van der Waals surface area contributed by atoms with Gasteiger partial charge in [-0.3, -0.25) is 9.59 Å². The number of amides is 2. The molecule has 5 nitrogen and oxygen atoms in total. The van der Waals surface area contributed by atoms with Gasteiger partial charge in [0.15, 0.2) is 0 Å². The highest BCUT2D eigenvalue weighted by Crippen LogP contribution is 2.19. The van der Waals surface area contributed by atoms with Crippen molar-refractivity contribution in [3.63, 3.8) is 0 Å². The number of halogens is 1. The maximum atomic E-state index is 13.6. The molecule has 0 aliphatic carbocycles. The lowest BCUT2D eigenvalue weighted by Crippen LogP contribution is -2.50. The Morgan fingerprint density at radius 2 is 1.68 bits per heavy atom. The van der Waals surface area contributed by atoms with E-state index in [9.17, 15) is 9.59 Å². The van der Waals surface area contributed by atoms with Crippen molar-refractivity contribution in [3.8, 4) is 5.75 Å². The zero-order chi connectivity index (χ0) is 26.5. The molecule has 0 unspecified atom stereocenters. The third-order valence-corrected chi connectivity index (χ3v) is 6.40. The Morgan fingerprint density at radius 3 is 2.38 bits per heavy atom. The van der Waals surface area contributed by atoms with Crippen LogP contribution in [0.4, 0.5) is 0 Å². The van der Waals surface area contributed by atoms with Gasteiger partial charge in [-0.05, 0) is 55.2 Å². The van der Waals surface area contributed by atoms with Crippen molar-refractivity contribution in [2.45, 2.75) is 58.5 Å². The molecule has 3 aromatic carbocycles. The molecule has 3 aromatic rings. The second-order valence-electron chi connectivity index (χ2n) is 9.27. The van der Waals surface area contributed by atoms with Crippen LogP contribution >= 0.6 is 11.6 Å². The number of benzene rings is 3. The maximum absolute atomic E-state index is 13.6. The predicted molar refractivity (Wildman–Crippen MR) is 150 cm³/mol. The number of unbranched alkanes of at least 4 members (excludes halogenated alkanes) is 1. The molecule has 0 heterocycles. The van der Waals surface area contributed by atoms with Gasteiger partial charge in [-0.25, -0.2) is 0 Å². The molecule has 0 aliphatic rings. The fraction of sp³-hybridized carbons (Fsp3) is 0.355. The molecule has 0 bridgehead atoms. The molecule has 37 heavy (non-hydrogen) atoms. The Balaban J connectivity index is 1.77. The molecule has 0 radical (unpaired) electrons. The summed E-state index contributed by atoms with van der Waals surface area (Å²) < 4.78 is 5.83. The molecular weight excluding hydrogens is 484 g/mol. The van der Waals surface area contributed by atoms with Crippen LogP contribution in [-0.4, -0.2) is 35.9 Å². The monoisotopic (exact) mass is 520 g/mol. The Hall–Kier alpha value is -3.31. The van der Waals surface area contributed by atoms with E-state index < -0.39 is 6.04 Å². The molecule has 1 atom stereocenters. The lowest BCUT2D eigenvalue weighted by molar-refractivity contribution is -0.141. The van der Waals surface area contributed by atoms with Crippen LogP contribution in [0.25, 0.3) is 0 Å². The Labute approximate surface area is 225 Å². The smallest absolute Gasteiger partial charge is 0.243 e. The van der Waals surface area contributed by atoms with Gasteiger partial charge < -0.3 is 15.0 Å². The van der Waals surface area contributed by atoms with Crippen LogP contribution in [0.5, 0.6) is 5.75 Å². The van der Waals surface area contributed by atoms with Gasteiger partial charge in [0.1, 0.15) is 11.8 Å². The minimum Gasteiger partial charge on any atom is -0.494 e. The van der Waals surface area contributed by atoms with Crippen LogP contribution in [0, 0.1) is 6.92 Å². The van der Waals surface area contributed by atoms with Crippen molar-refractivity contribution in [3.05, 3.63) is 101 Å². The average Bonchev–Trinajstić information content (AvgIpc) is 2.90. The van der Waals surface area contributed by atoms with E-state index in [1.807, 2.05) is 79.7 Å². The number of aryl methyl sites for hydroxylation is 1. The van der Waals surface area contributed by atoms with E-state index in [1.165, 1.54) is 5.56 Å². The van der Waals surface area contributed by atoms with Crippen LogP contribution in [0.3, 0.4) is 0 Å². The number of ether oxygens (including phenoxy) is 1. The lowest BCUT2D eigenvalue weighted by Gasteiger charge is -2.31. The van der Waals surface area contributed by atoms with Gasteiger partial charge in [-0.1, -0.05) is 85.1 Å². The normalized spacial score (nSPS) is 11.5. The number of rotatable bonds is 14. The lowest BCUT2D eigenvalue weighted by atomic mass is 10.0. The number of carbonyl (C=O) groups is 2. The zero-order valence-electron chi connectivity index (χ0n) is 21.8. The highest BCUT2D eigenvalue weighted by Gasteiger charge is 2.30. The third-order valence-electron chi connectivity index (χ3n) is 6.17. The van der Waals surface area contributed by atoms with Gasteiger partial charge in [-0.15, -0.1) is 0 Å². The number of carbonyl (C=O) groups excluding carboxylic acids is 2. The molecule has 3 rings (SSSR count). The minimum atomic E-state index is -0.635. The standard InChI is InChI=1S/C31H37ClN2O3/c1-3-4-19-33-31(36)29(22-25-10-6-5-7-11-25)34(23-26-12-8-13-27(32)21-26)30(35)14-9-20-37-28-17-15-24(2)16-18-28/h5-8,10-13,15-18,21,29H,3-4,9,14,19-20,22-23H2,1-2H3,(H,33,36)/t29-/m1/s1. The number of hydrogen-bond acceptors (Lipinski definition) is 3. The molecule has 0 saturated heterocycles. The quantitative estimate of drug-likeness (QED) is 0.251. The topological polar surface area (TPSA) is 58.6 Å². The van der Waals surface area contributed by atoms with Crippen LogP contribution in [0.2, 0.25) is 5.02 Å². The molecular formula is C31H37ClN2O3. The summed E-state index contributed by atoms with van der Waals surface area (Å²) in [4.78, 5) is 28.7. The summed E-state index contributed by atoms with van der Waals surface area (Å²) in [6.45, 7) is 5.43. The summed E-state index contributed by atoms with van der Waals surface area (Å²) in [5, 5.41) is 3.65. The highest BCUT2D eigenvalue weighted by molar-refractivity contribution is 6.30. The summed E-state index contributed by atoms with van der Waals surface area (Å²) in [5.74, 6) is 0.564. The van der Waals surface area contributed by atoms with Gasteiger partial charge in [0.25, 0.3) is 0 Å². The van der Waals surface area contributed by atoms with Crippen molar-refractivity contribution >= 4 is 23.4 Å². The van der Waals surface area contributed by atoms with E-state index in [0.717, 1.165) is 29.7 Å². The van der Waals surface area contributed by atoms with Gasteiger partial charge in [0.2, 0.25) is 11.8 Å².